The number of benzene rings is 3. The van der Waals surface area contributed by atoms with Gasteiger partial charge in [0.2, 0.25) is 0 Å². The lowest BCUT2D eigenvalue weighted by Crippen LogP contribution is -2.50. The molecular weight excluding hydrogens is 409 g/mol. The molecule has 32 heavy (non-hydrogen) atoms. The van der Waals surface area contributed by atoms with Crippen LogP contribution < -0.4 is 10.2 Å². The molecule has 0 fully saturated rings. The molecule has 1 N–H and O–H groups in total. The molecule has 0 aliphatic carbocycles. The summed E-state index contributed by atoms with van der Waals surface area (Å²) in [6.07, 6.45) is -0.851. The van der Waals surface area contributed by atoms with Crippen molar-refractivity contribution >= 4 is 23.8 Å². The number of aliphatic imine (C=N–C) groups is 1. The Labute approximate surface area is 185 Å². The van der Waals surface area contributed by atoms with Gasteiger partial charge in [0.1, 0.15) is 24.8 Å². The molecule has 1 heterocycles. The Hall–Kier alpha value is -4.00. The van der Waals surface area contributed by atoms with Gasteiger partial charge < -0.3 is 14.4 Å². The molecule has 1 aliphatic rings. The van der Waals surface area contributed by atoms with Gasteiger partial charge >= 0.3 is 6.09 Å². The van der Waals surface area contributed by atoms with Crippen molar-refractivity contribution in [1.82, 2.24) is 5.32 Å². The van der Waals surface area contributed by atoms with Crippen LogP contribution in [0.15, 0.2) is 83.9 Å². The zero-order valence-corrected chi connectivity index (χ0v) is 17.4. The molecule has 3 aromatic carbocycles. The summed E-state index contributed by atoms with van der Waals surface area (Å²) in [6, 6.07) is 22.0. The minimum Gasteiger partial charge on any atom is -0.445 e. The Morgan fingerprint density at radius 3 is 2.47 bits per heavy atom. The van der Waals surface area contributed by atoms with Gasteiger partial charge in [0.05, 0.1) is 5.71 Å². The molecule has 6 nitrogen and oxygen atoms in total. The van der Waals surface area contributed by atoms with E-state index >= 15 is 0 Å². The minimum absolute atomic E-state index is 0.0930. The van der Waals surface area contributed by atoms with Gasteiger partial charge in [-0.15, -0.1) is 0 Å². The van der Waals surface area contributed by atoms with Crippen LogP contribution in [0.25, 0.3) is 0 Å². The highest BCUT2D eigenvalue weighted by Crippen LogP contribution is 2.29. The minimum atomic E-state index is -0.909. The fourth-order valence-corrected chi connectivity index (χ4v) is 3.65. The molecule has 0 bridgehead atoms. The van der Waals surface area contributed by atoms with Crippen LogP contribution >= 0.6 is 0 Å². The largest absolute Gasteiger partial charge is 0.445 e. The lowest BCUT2D eigenvalue weighted by molar-refractivity contribution is -0.109. The summed E-state index contributed by atoms with van der Waals surface area (Å²) in [5.41, 5.74) is 3.61. The number of amides is 1. The molecule has 2 atom stereocenters. The molecule has 1 amide bonds. The number of anilines is 1. The molecular formula is C25H22FN3O3. The molecule has 0 aromatic heterocycles. The topological polar surface area (TPSA) is 71.0 Å². The van der Waals surface area contributed by atoms with Crippen LogP contribution in [0.4, 0.5) is 14.9 Å². The van der Waals surface area contributed by atoms with E-state index in [2.05, 4.69) is 5.32 Å². The number of nitrogens with one attached hydrogen (secondary N) is 1. The van der Waals surface area contributed by atoms with E-state index in [-0.39, 0.29) is 12.4 Å². The van der Waals surface area contributed by atoms with E-state index in [1.54, 1.807) is 24.1 Å². The van der Waals surface area contributed by atoms with Crippen molar-refractivity contribution in [2.24, 2.45) is 4.99 Å². The highest BCUT2D eigenvalue weighted by Gasteiger charge is 2.32. The lowest BCUT2D eigenvalue weighted by Gasteiger charge is -2.29. The normalized spacial score (nSPS) is 17.6. The number of para-hydroxylation sites is 1. The molecule has 162 valence electrons. The number of rotatable bonds is 5. The Bertz CT molecular complexity index is 1130. The summed E-state index contributed by atoms with van der Waals surface area (Å²) in [5.74, 6) is -0.363. The van der Waals surface area contributed by atoms with E-state index < -0.39 is 18.3 Å². The first-order valence-corrected chi connectivity index (χ1v) is 10.2. The van der Waals surface area contributed by atoms with E-state index in [1.165, 1.54) is 12.1 Å². The van der Waals surface area contributed by atoms with Crippen LogP contribution in [0, 0.1) is 5.82 Å². The Kier molecular flexibility index (Phi) is 6.26. The second-order valence-corrected chi connectivity index (χ2v) is 7.39. The van der Waals surface area contributed by atoms with Crippen LogP contribution in [0.1, 0.15) is 16.7 Å². The zero-order chi connectivity index (χ0) is 22.5. The van der Waals surface area contributed by atoms with Gasteiger partial charge in [-0.1, -0.05) is 48.5 Å². The average molecular weight is 431 g/mol. The van der Waals surface area contributed by atoms with Crippen LogP contribution in [-0.4, -0.2) is 37.3 Å². The summed E-state index contributed by atoms with van der Waals surface area (Å²) in [7, 11) is 1.77. The van der Waals surface area contributed by atoms with Gasteiger partial charge in [-0.25, -0.2) is 9.18 Å². The molecule has 0 saturated carbocycles. The quantitative estimate of drug-likeness (QED) is 0.622. The van der Waals surface area contributed by atoms with Crippen LogP contribution in [0.5, 0.6) is 0 Å². The number of carbonyl (C=O) groups excluding carboxylic acids is 2. The monoisotopic (exact) mass is 431 g/mol. The maximum Gasteiger partial charge on any atom is 0.409 e. The predicted octanol–water partition coefficient (Wildman–Crippen LogP) is 3.93. The van der Waals surface area contributed by atoms with Crippen molar-refractivity contribution in [2.75, 3.05) is 11.9 Å². The molecule has 1 aliphatic heterocycles. The fraction of sp³-hybridized carbons (Fsp3) is 0.160. The van der Waals surface area contributed by atoms with Gasteiger partial charge in [0.15, 0.2) is 6.17 Å². The molecule has 0 radical (unpaired) electrons. The van der Waals surface area contributed by atoms with E-state index in [4.69, 9.17) is 9.73 Å². The highest BCUT2D eigenvalue weighted by atomic mass is 19.1. The number of benzodiazepines with no additional fused rings is 1. The number of alkyl carbamates (subject to hydrolysis) is 1. The third-order valence-electron chi connectivity index (χ3n) is 5.31. The van der Waals surface area contributed by atoms with Crippen molar-refractivity contribution in [1.29, 1.82) is 0 Å². The number of halogens is 1. The molecule has 0 saturated heterocycles. The molecule has 0 spiro atoms. The average Bonchev–Trinajstić information content (AvgIpc) is 2.93. The number of aldehydes is 1. The maximum atomic E-state index is 13.5. The molecule has 3 aromatic rings. The third kappa shape index (κ3) is 4.51. The fourth-order valence-electron chi connectivity index (χ4n) is 3.65. The number of fused-ring (bicyclic) bond motifs is 1. The summed E-state index contributed by atoms with van der Waals surface area (Å²) in [4.78, 5) is 31.1. The standard InChI is InChI=1S/C25H22FN3O3/c1-29-21-10-6-5-9-20(21)23(18-11-13-19(26)14-12-18)27-24(22(29)15-30)28-25(31)32-16-17-7-3-2-4-8-17/h2-15,22,24H,16H2,1H3,(H,28,31). The SMILES string of the molecule is CN1c2ccccc2C(c2ccc(F)cc2)=NC(NC(=O)OCc2ccccc2)C1C=O. The first kappa shape index (κ1) is 21.2. The van der Waals surface area contributed by atoms with Gasteiger partial charge in [-0.3, -0.25) is 10.3 Å². The van der Waals surface area contributed by atoms with Crippen LogP contribution in [-0.2, 0) is 16.1 Å². The number of carbonyl (C=O) groups is 2. The van der Waals surface area contributed by atoms with E-state index in [1.807, 2.05) is 54.6 Å². The number of hydrogen-bond acceptors (Lipinski definition) is 5. The smallest absolute Gasteiger partial charge is 0.409 e. The first-order valence-electron chi connectivity index (χ1n) is 10.2. The number of likely N-dealkylation sites (N-methyl/N-ethyl adjacent to an activating group) is 1. The summed E-state index contributed by atoms with van der Waals surface area (Å²) < 4.78 is 18.8. The van der Waals surface area contributed by atoms with Crippen LogP contribution in [0.2, 0.25) is 0 Å². The summed E-state index contributed by atoms with van der Waals surface area (Å²) in [5, 5.41) is 2.71. The highest BCUT2D eigenvalue weighted by molar-refractivity contribution is 6.16. The van der Waals surface area contributed by atoms with E-state index in [9.17, 15) is 14.0 Å². The van der Waals surface area contributed by atoms with E-state index in [0.717, 1.165) is 23.1 Å². The van der Waals surface area contributed by atoms with Crippen molar-refractivity contribution in [3.63, 3.8) is 0 Å². The van der Waals surface area contributed by atoms with Crippen molar-refractivity contribution in [3.05, 3.63) is 101 Å². The van der Waals surface area contributed by atoms with Crippen molar-refractivity contribution < 1.29 is 18.7 Å². The van der Waals surface area contributed by atoms with E-state index in [0.29, 0.717) is 11.3 Å². The number of nitrogens with zero attached hydrogens (tertiary/aromatic N) is 2. The summed E-state index contributed by atoms with van der Waals surface area (Å²) in [6.45, 7) is 0.0930. The Balaban J connectivity index is 1.67. The second-order valence-electron chi connectivity index (χ2n) is 7.39. The van der Waals surface area contributed by atoms with Crippen LogP contribution in [0.3, 0.4) is 0 Å². The third-order valence-corrected chi connectivity index (χ3v) is 5.31. The number of ether oxygens (including phenoxy) is 1. The van der Waals surface area contributed by atoms with Gasteiger partial charge in [0.25, 0.3) is 0 Å². The molecule has 7 heteroatoms. The van der Waals surface area contributed by atoms with Gasteiger partial charge in [0, 0.05) is 23.9 Å². The maximum absolute atomic E-state index is 13.5. The van der Waals surface area contributed by atoms with Gasteiger partial charge in [-0.05, 0) is 35.9 Å². The summed E-state index contributed by atoms with van der Waals surface area (Å²) >= 11 is 0. The zero-order valence-electron chi connectivity index (χ0n) is 17.4. The number of hydrogen-bond donors (Lipinski definition) is 1. The second kappa shape index (κ2) is 9.43. The molecule has 2 unspecified atom stereocenters. The predicted molar refractivity (Wildman–Crippen MR) is 120 cm³/mol. The Morgan fingerprint density at radius 2 is 1.75 bits per heavy atom. The van der Waals surface area contributed by atoms with Crippen molar-refractivity contribution in [3.8, 4) is 0 Å². The Morgan fingerprint density at radius 1 is 1.06 bits per heavy atom. The molecule has 4 rings (SSSR count). The van der Waals surface area contributed by atoms with Gasteiger partial charge in [-0.2, -0.15) is 0 Å². The first-order chi connectivity index (χ1) is 15.6. The lowest BCUT2D eigenvalue weighted by atomic mass is 10.0. The van der Waals surface area contributed by atoms with Crippen molar-refractivity contribution in [2.45, 2.75) is 18.8 Å².